The number of ether oxygens (including phenoxy) is 2. The van der Waals surface area contributed by atoms with E-state index >= 15 is 0 Å². The molecule has 4 atom stereocenters. The molecule has 0 saturated heterocycles. The number of rotatable bonds is 8. The lowest BCUT2D eigenvalue weighted by Gasteiger charge is -2.28. The minimum Gasteiger partial charge on any atom is -0.390 e. The van der Waals surface area contributed by atoms with Gasteiger partial charge in [-0.05, 0) is 31.2 Å². The molecular formula is C19H27BrO3. The van der Waals surface area contributed by atoms with Crippen molar-refractivity contribution in [3.05, 3.63) is 48.0 Å². The molecule has 0 aliphatic carbocycles. The van der Waals surface area contributed by atoms with Crippen molar-refractivity contribution in [1.82, 2.24) is 0 Å². The van der Waals surface area contributed by atoms with Crippen LogP contribution in [-0.2, 0) is 16.1 Å². The first kappa shape index (κ1) is 18.7. The monoisotopic (exact) mass is 382 g/mol. The summed E-state index contributed by atoms with van der Waals surface area (Å²) in [6.45, 7) is 3.26. The third-order valence-corrected chi connectivity index (χ3v) is 5.38. The van der Waals surface area contributed by atoms with Gasteiger partial charge in [-0.1, -0.05) is 65.3 Å². The first-order valence-electron chi connectivity index (χ1n) is 8.45. The maximum absolute atomic E-state index is 10.4. The summed E-state index contributed by atoms with van der Waals surface area (Å²) in [5.41, 5.74) is 1.15. The first-order chi connectivity index (χ1) is 11.2. The molecule has 0 saturated carbocycles. The molecule has 0 amide bonds. The Labute approximate surface area is 147 Å². The van der Waals surface area contributed by atoms with Crippen molar-refractivity contribution in [1.29, 1.82) is 0 Å². The smallest absolute Gasteiger partial charge is 0.0873 e. The highest BCUT2D eigenvalue weighted by molar-refractivity contribution is 9.09. The number of aliphatic hydroxyl groups excluding tert-OH is 1. The van der Waals surface area contributed by atoms with Crippen molar-refractivity contribution >= 4 is 15.9 Å². The summed E-state index contributed by atoms with van der Waals surface area (Å²) >= 11 is 3.67. The fourth-order valence-corrected chi connectivity index (χ4v) is 3.03. The molecule has 0 radical (unpaired) electrons. The number of hydrogen-bond acceptors (Lipinski definition) is 3. The van der Waals surface area contributed by atoms with Crippen LogP contribution >= 0.6 is 15.9 Å². The topological polar surface area (TPSA) is 38.7 Å². The van der Waals surface area contributed by atoms with Crippen molar-refractivity contribution in [2.75, 3.05) is 6.61 Å². The van der Waals surface area contributed by atoms with Crippen LogP contribution in [0, 0.1) is 0 Å². The Kier molecular flexibility index (Phi) is 8.31. The van der Waals surface area contributed by atoms with Gasteiger partial charge in [-0.25, -0.2) is 0 Å². The molecule has 0 bridgehead atoms. The zero-order valence-electron chi connectivity index (χ0n) is 13.7. The molecule has 1 heterocycles. The summed E-state index contributed by atoms with van der Waals surface area (Å²) < 4.78 is 11.8. The average Bonchev–Trinajstić information content (AvgIpc) is 2.85. The standard InChI is InChI=1S/C19H27BrO3/c1-2-16(20)18-10-6-7-11-19(23-18)17(21)12-13-22-14-15-8-4-3-5-9-15/h3-9,16-19,21H,2,10-14H2,1H3/t16-,17+,18+,19+/m0/s1. The lowest BCUT2D eigenvalue weighted by molar-refractivity contribution is -0.0798. The van der Waals surface area contributed by atoms with E-state index in [1.807, 2.05) is 30.3 Å². The molecule has 0 unspecified atom stereocenters. The lowest BCUT2D eigenvalue weighted by atomic mass is 10.1. The zero-order valence-corrected chi connectivity index (χ0v) is 15.3. The third kappa shape index (κ3) is 6.38. The first-order valence-corrected chi connectivity index (χ1v) is 9.36. The fourth-order valence-electron chi connectivity index (χ4n) is 2.69. The highest BCUT2D eigenvalue weighted by atomic mass is 79.9. The number of halogens is 1. The van der Waals surface area contributed by atoms with Crippen molar-refractivity contribution in [3.63, 3.8) is 0 Å². The number of benzene rings is 1. The SMILES string of the molecule is CC[C@H](Br)[C@H]1CC=CC[C@H]([C@H](O)CCOCc2ccccc2)O1. The van der Waals surface area contributed by atoms with E-state index in [-0.39, 0.29) is 12.2 Å². The zero-order chi connectivity index (χ0) is 16.5. The Bertz CT molecular complexity index is 463. The molecule has 1 aromatic rings. The molecule has 0 fully saturated rings. The van der Waals surface area contributed by atoms with Crippen molar-refractivity contribution in [2.24, 2.45) is 0 Å². The van der Waals surface area contributed by atoms with E-state index in [1.54, 1.807) is 0 Å². The van der Waals surface area contributed by atoms with E-state index in [9.17, 15) is 5.11 Å². The molecule has 23 heavy (non-hydrogen) atoms. The second kappa shape index (κ2) is 10.2. The van der Waals surface area contributed by atoms with Gasteiger partial charge in [0.1, 0.15) is 0 Å². The van der Waals surface area contributed by atoms with E-state index in [0.29, 0.717) is 24.5 Å². The van der Waals surface area contributed by atoms with E-state index < -0.39 is 6.10 Å². The second-order valence-corrected chi connectivity index (χ2v) is 7.15. The molecular weight excluding hydrogens is 356 g/mol. The van der Waals surface area contributed by atoms with Gasteiger partial charge in [0.05, 0.1) is 24.9 Å². The Morgan fingerprint density at radius 2 is 1.91 bits per heavy atom. The van der Waals surface area contributed by atoms with Crippen LogP contribution < -0.4 is 0 Å². The van der Waals surface area contributed by atoms with Gasteiger partial charge in [-0.3, -0.25) is 0 Å². The lowest BCUT2D eigenvalue weighted by Crippen LogP contribution is -2.35. The summed E-state index contributed by atoms with van der Waals surface area (Å²) in [7, 11) is 0. The molecule has 1 aliphatic heterocycles. The van der Waals surface area contributed by atoms with Gasteiger partial charge in [0.2, 0.25) is 0 Å². The molecule has 4 heteroatoms. The number of hydrogen-bond donors (Lipinski definition) is 1. The van der Waals surface area contributed by atoms with Gasteiger partial charge in [-0.2, -0.15) is 0 Å². The Morgan fingerprint density at radius 1 is 1.22 bits per heavy atom. The Balaban J connectivity index is 1.73. The molecule has 1 aromatic carbocycles. The maximum atomic E-state index is 10.4. The van der Waals surface area contributed by atoms with Crippen LogP contribution in [0.2, 0.25) is 0 Å². The number of alkyl halides is 1. The molecule has 0 aromatic heterocycles. The molecule has 1 N–H and O–H groups in total. The minimum absolute atomic E-state index is 0.128. The van der Waals surface area contributed by atoms with Crippen LogP contribution in [0.25, 0.3) is 0 Å². The van der Waals surface area contributed by atoms with Gasteiger partial charge < -0.3 is 14.6 Å². The highest BCUT2D eigenvalue weighted by Crippen LogP contribution is 2.24. The van der Waals surface area contributed by atoms with Crippen LogP contribution in [0.5, 0.6) is 0 Å². The van der Waals surface area contributed by atoms with Crippen molar-refractivity contribution < 1.29 is 14.6 Å². The summed E-state index contributed by atoms with van der Waals surface area (Å²) in [5.74, 6) is 0. The van der Waals surface area contributed by atoms with Crippen LogP contribution in [0.1, 0.15) is 38.2 Å². The van der Waals surface area contributed by atoms with Gasteiger partial charge in [0.25, 0.3) is 0 Å². The highest BCUT2D eigenvalue weighted by Gasteiger charge is 2.27. The van der Waals surface area contributed by atoms with Crippen LogP contribution in [0.15, 0.2) is 42.5 Å². The van der Waals surface area contributed by atoms with Gasteiger partial charge in [0, 0.05) is 11.4 Å². The molecule has 3 nitrogen and oxygen atoms in total. The maximum Gasteiger partial charge on any atom is 0.0873 e. The van der Waals surface area contributed by atoms with E-state index in [2.05, 4.69) is 35.0 Å². The summed E-state index contributed by atoms with van der Waals surface area (Å²) in [6.07, 6.45) is 7.04. The Hall–Kier alpha value is -0.680. The van der Waals surface area contributed by atoms with E-state index in [1.165, 1.54) is 0 Å². The summed E-state index contributed by atoms with van der Waals surface area (Å²) in [4.78, 5) is 0.328. The van der Waals surface area contributed by atoms with Crippen LogP contribution in [0.4, 0.5) is 0 Å². The largest absolute Gasteiger partial charge is 0.390 e. The minimum atomic E-state index is -0.493. The van der Waals surface area contributed by atoms with E-state index in [4.69, 9.17) is 9.47 Å². The second-order valence-electron chi connectivity index (χ2n) is 5.97. The number of aliphatic hydroxyl groups is 1. The average molecular weight is 383 g/mol. The molecule has 1 aliphatic rings. The predicted molar refractivity (Wildman–Crippen MR) is 96.8 cm³/mol. The Morgan fingerprint density at radius 3 is 2.61 bits per heavy atom. The van der Waals surface area contributed by atoms with Crippen molar-refractivity contribution in [3.8, 4) is 0 Å². The van der Waals surface area contributed by atoms with Gasteiger partial charge in [-0.15, -0.1) is 0 Å². The quantitative estimate of drug-likeness (QED) is 0.415. The molecule has 2 rings (SSSR count). The summed E-state index contributed by atoms with van der Waals surface area (Å²) in [6, 6.07) is 10.1. The molecule has 0 spiro atoms. The fraction of sp³-hybridized carbons (Fsp3) is 0.579. The van der Waals surface area contributed by atoms with E-state index in [0.717, 1.165) is 24.8 Å². The third-order valence-electron chi connectivity index (χ3n) is 4.15. The van der Waals surface area contributed by atoms with Gasteiger partial charge >= 0.3 is 0 Å². The normalized spacial score (nSPS) is 24.1. The van der Waals surface area contributed by atoms with Crippen molar-refractivity contribution in [2.45, 2.75) is 62.4 Å². The molecule has 128 valence electrons. The summed E-state index contributed by atoms with van der Waals surface area (Å²) in [5, 5.41) is 10.4. The predicted octanol–water partition coefficient (Wildman–Crippen LogP) is 4.23. The van der Waals surface area contributed by atoms with Crippen LogP contribution in [-0.4, -0.2) is 34.9 Å². The van der Waals surface area contributed by atoms with Gasteiger partial charge in [0.15, 0.2) is 0 Å². The van der Waals surface area contributed by atoms with Crippen LogP contribution in [0.3, 0.4) is 0 Å².